The van der Waals surface area contributed by atoms with Crippen LogP contribution in [0.4, 0.5) is 0 Å². The molecule has 0 aliphatic rings. The van der Waals surface area contributed by atoms with E-state index in [1.807, 2.05) is 42.7 Å². The Balaban J connectivity index is 1.84. The maximum absolute atomic E-state index is 11.5. The second-order valence-electron chi connectivity index (χ2n) is 4.50. The molecule has 2 aromatic rings. The number of nitrogens with one attached hydrogen (secondary N) is 1. The molecule has 0 aliphatic carbocycles. The number of rotatable bonds is 6. The third-order valence-electron chi connectivity index (χ3n) is 2.79. The maximum Gasteiger partial charge on any atom is 0.244 e. The Hall–Kier alpha value is -2.20. The number of carbonyl (C=O) groups is 1. The summed E-state index contributed by atoms with van der Waals surface area (Å²) in [5.41, 5.74) is 2.15. The highest BCUT2D eigenvalue weighted by Gasteiger charge is 2.04. The van der Waals surface area contributed by atoms with Gasteiger partial charge in [0.15, 0.2) is 0 Å². The number of aromatic nitrogens is 1. The van der Waals surface area contributed by atoms with Crippen LogP contribution in [0.15, 0.2) is 60.0 Å². The molecular weight excluding hydrogens is 280 g/mol. The summed E-state index contributed by atoms with van der Waals surface area (Å²) in [5, 5.41) is 5.88. The third-order valence-corrected chi connectivity index (χ3v) is 3.69. The Morgan fingerprint density at radius 3 is 2.86 bits per heavy atom. The average Bonchev–Trinajstić information content (AvgIpc) is 2.94. The summed E-state index contributed by atoms with van der Waals surface area (Å²) in [6.07, 6.45) is 7.76. The van der Waals surface area contributed by atoms with E-state index >= 15 is 0 Å². The Morgan fingerprint density at radius 2 is 2.10 bits per heavy atom. The molecule has 0 spiro atoms. The summed E-state index contributed by atoms with van der Waals surface area (Å²) in [4.78, 5) is 16.1. The molecule has 0 unspecified atom stereocenters. The third kappa shape index (κ3) is 5.36. The summed E-state index contributed by atoms with van der Waals surface area (Å²) in [7, 11) is 0. The second-order valence-corrected chi connectivity index (χ2v) is 5.44. The number of carbonyl (C=O) groups excluding carboxylic acids is 1. The molecular formula is C17H18N2OS. The van der Waals surface area contributed by atoms with Gasteiger partial charge >= 0.3 is 0 Å². The second kappa shape index (κ2) is 8.17. The van der Waals surface area contributed by atoms with Gasteiger partial charge in [0.1, 0.15) is 0 Å². The summed E-state index contributed by atoms with van der Waals surface area (Å²) in [6.45, 7) is 2.37. The van der Waals surface area contributed by atoms with Crippen molar-refractivity contribution in [1.82, 2.24) is 10.3 Å². The van der Waals surface area contributed by atoms with Gasteiger partial charge in [-0.25, -0.2) is 4.98 Å². The van der Waals surface area contributed by atoms with Crippen LogP contribution >= 0.6 is 11.3 Å². The first kappa shape index (κ1) is 15.2. The molecule has 0 radical (unpaired) electrons. The van der Waals surface area contributed by atoms with Crippen molar-refractivity contribution < 1.29 is 4.79 Å². The molecule has 1 amide bonds. The zero-order valence-electron chi connectivity index (χ0n) is 12.0. The number of nitrogens with zero attached hydrogens (tertiary/aromatic N) is 1. The molecule has 108 valence electrons. The van der Waals surface area contributed by atoms with Crippen LogP contribution in [0.2, 0.25) is 0 Å². The first-order chi connectivity index (χ1) is 10.3. The molecule has 1 aromatic carbocycles. The van der Waals surface area contributed by atoms with Crippen LogP contribution in [-0.4, -0.2) is 10.9 Å². The lowest BCUT2D eigenvalue weighted by Crippen LogP contribution is -2.20. The standard InChI is InChI=1S/C17H18N2OS/c1-2-3-5-10-16(20)18-12-15-13-21-17(19-15)11-14-8-6-4-7-9-14/h2-10,13H,11-12H2,1H3,(H,18,20)/b3-2+,10-5+. The number of benzene rings is 1. The predicted molar refractivity (Wildman–Crippen MR) is 87.2 cm³/mol. The van der Waals surface area contributed by atoms with E-state index < -0.39 is 0 Å². The minimum atomic E-state index is -0.106. The van der Waals surface area contributed by atoms with Gasteiger partial charge in [-0.1, -0.05) is 48.6 Å². The lowest BCUT2D eigenvalue weighted by atomic mass is 10.2. The first-order valence-corrected chi connectivity index (χ1v) is 7.70. The maximum atomic E-state index is 11.5. The zero-order valence-corrected chi connectivity index (χ0v) is 12.8. The van der Waals surface area contributed by atoms with Gasteiger partial charge in [0.2, 0.25) is 5.91 Å². The van der Waals surface area contributed by atoms with Crippen LogP contribution in [0.5, 0.6) is 0 Å². The summed E-state index contributed by atoms with van der Waals surface area (Å²) in [6, 6.07) is 10.2. The Kier molecular flexibility index (Phi) is 5.91. The molecule has 21 heavy (non-hydrogen) atoms. The Labute approximate surface area is 129 Å². The fraction of sp³-hybridized carbons (Fsp3) is 0.176. The van der Waals surface area contributed by atoms with E-state index in [0.717, 1.165) is 17.1 Å². The molecule has 3 nitrogen and oxygen atoms in total. The molecule has 2 rings (SSSR count). The van der Waals surface area contributed by atoms with Crippen molar-refractivity contribution in [3.8, 4) is 0 Å². The lowest BCUT2D eigenvalue weighted by molar-refractivity contribution is -0.116. The smallest absolute Gasteiger partial charge is 0.244 e. The fourth-order valence-corrected chi connectivity index (χ4v) is 2.60. The van der Waals surface area contributed by atoms with Gasteiger partial charge in [-0.2, -0.15) is 0 Å². The lowest BCUT2D eigenvalue weighted by Gasteiger charge is -1.98. The van der Waals surface area contributed by atoms with Gasteiger partial charge in [-0.3, -0.25) is 4.79 Å². The summed E-state index contributed by atoms with van der Waals surface area (Å²) >= 11 is 1.63. The molecule has 0 saturated carbocycles. The van der Waals surface area contributed by atoms with Crippen LogP contribution in [-0.2, 0) is 17.8 Å². The van der Waals surface area contributed by atoms with Gasteiger partial charge in [-0.15, -0.1) is 11.3 Å². The number of amides is 1. The van der Waals surface area contributed by atoms with Crippen molar-refractivity contribution in [2.24, 2.45) is 0 Å². The van der Waals surface area contributed by atoms with Gasteiger partial charge < -0.3 is 5.32 Å². The average molecular weight is 298 g/mol. The van der Waals surface area contributed by atoms with Gasteiger partial charge in [0.05, 0.1) is 17.2 Å². The van der Waals surface area contributed by atoms with E-state index in [9.17, 15) is 4.79 Å². The quantitative estimate of drug-likeness (QED) is 0.655. The van der Waals surface area contributed by atoms with Crippen molar-refractivity contribution in [1.29, 1.82) is 0 Å². The van der Waals surface area contributed by atoms with E-state index in [2.05, 4.69) is 22.4 Å². The number of thiazole rings is 1. The van der Waals surface area contributed by atoms with E-state index in [-0.39, 0.29) is 5.91 Å². The van der Waals surface area contributed by atoms with Crippen molar-refractivity contribution in [3.63, 3.8) is 0 Å². The molecule has 1 aromatic heterocycles. The molecule has 0 aliphatic heterocycles. The zero-order chi connectivity index (χ0) is 14.9. The molecule has 1 N–H and O–H groups in total. The van der Waals surface area contributed by atoms with Gasteiger partial charge in [-0.05, 0) is 12.5 Å². The first-order valence-electron chi connectivity index (χ1n) is 6.82. The van der Waals surface area contributed by atoms with Crippen LogP contribution in [0.1, 0.15) is 23.2 Å². The van der Waals surface area contributed by atoms with Crippen LogP contribution in [0, 0.1) is 0 Å². The highest BCUT2D eigenvalue weighted by Crippen LogP contribution is 2.14. The van der Waals surface area contributed by atoms with Gasteiger partial charge in [0.25, 0.3) is 0 Å². The van der Waals surface area contributed by atoms with Crippen molar-refractivity contribution in [3.05, 3.63) is 76.3 Å². The molecule has 4 heteroatoms. The van der Waals surface area contributed by atoms with E-state index in [4.69, 9.17) is 0 Å². The fourth-order valence-electron chi connectivity index (χ4n) is 1.77. The number of hydrogen-bond acceptors (Lipinski definition) is 3. The predicted octanol–water partition coefficient (Wildman–Crippen LogP) is 3.48. The minimum absolute atomic E-state index is 0.106. The molecule has 0 bridgehead atoms. The van der Waals surface area contributed by atoms with E-state index in [1.165, 1.54) is 11.6 Å². The Morgan fingerprint density at radius 1 is 1.29 bits per heavy atom. The molecule has 1 heterocycles. The number of allylic oxidation sites excluding steroid dienone is 3. The molecule has 0 fully saturated rings. The highest BCUT2D eigenvalue weighted by molar-refractivity contribution is 7.09. The SMILES string of the molecule is C/C=C/C=C/C(=O)NCc1csc(Cc2ccccc2)n1. The molecule has 0 saturated heterocycles. The van der Waals surface area contributed by atoms with Crippen LogP contribution in [0.3, 0.4) is 0 Å². The largest absolute Gasteiger partial charge is 0.347 e. The minimum Gasteiger partial charge on any atom is -0.347 e. The highest BCUT2D eigenvalue weighted by atomic mass is 32.1. The Bertz CT molecular complexity index is 629. The van der Waals surface area contributed by atoms with Crippen molar-refractivity contribution >= 4 is 17.2 Å². The monoisotopic (exact) mass is 298 g/mol. The van der Waals surface area contributed by atoms with Crippen LogP contribution < -0.4 is 5.32 Å². The van der Waals surface area contributed by atoms with E-state index in [1.54, 1.807) is 17.4 Å². The molecule has 0 atom stereocenters. The number of hydrogen-bond donors (Lipinski definition) is 1. The normalized spacial score (nSPS) is 11.3. The summed E-state index contributed by atoms with van der Waals surface area (Å²) < 4.78 is 0. The van der Waals surface area contributed by atoms with Crippen LogP contribution in [0.25, 0.3) is 0 Å². The van der Waals surface area contributed by atoms with E-state index in [0.29, 0.717) is 6.54 Å². The van der Waals surface area contributed by atoms with Crippen molar-refractivity contribution in [2.75, 3.05) is 0 Å². The van der Waals surface area contributed by atoms with Gasteiger partial charge in [0, 0.05) is 17.9 Å². The summed E-state index contributed by atoms with van der Waals surface area (Å²) in [5.74, 6) is -0.106. The topological polar surface area (TPSA) is 42.0 Å². The van der Waals surface area contributed by atoms with Crippen molar-refractivity contribution in [2.45, 2.75) is 19.9 Å².